The van der Waals surface area contributed by atoms with Gasteiger partial charge in [-0.25, -0.2) is 9.59 Å². The largest absolute Gasteiger partial charge is 0.508 e. The number of aromatic hydroxyl groups is 6. The average Bonchev–Trinajstić information content (AvgIpc) is 3.14. The van der Waals surface area contributed by atoms with Crippen molar-refractivity contribution >= 4 is 35.1 Å². The third kappa shape index (κ3) is 8.63. The Balaban J connectivity index is 1.34. The molecule has 1 aliphatic heterocycles. The number of esters is 2. The molecule has 8 N–H and O–H groups in total. The number of hydrogen-bond acceptors (Lipinski definition) is 16. The minimum Gasteiger partial charge on any atom is -0.508 e. The van der Waals surface area contributed by atoms with E-state index in [9.17, 15) is 55.2 Å². The Morgan fingerprint density at radius 2 is 1.36 bits per heavy atom. The van der Waals surface area contributed by atoms with Gasteiger partial charge in [-0.05, 0) is 65.7 Å². The lowest BCUT2D eigenvalue weighted by atomic mass is 9.98. The van der Waals surface area contributed by atoms with Crippen molar-refractivity contribution in [3.8, 4) is 51.6 Å². The summed E-state index contributed by atoms with van der Waals surface area (Å²) in [6.07, 6.45) is -4.76. The molecule has 0 bridgehead atoms. The summed E-state index contributed by atoms with van der Waals surface area (Å²) in [5.74, 6) is -5.66. The molecular formula is C39H32O16. The van der Waals surface area contributed by atoms with Gasteiger partial charge in [0.15, 0.2) is 29.5 Å². The lowest BCUT2D eigenvalue weighted by Crippen LogP contribution is -2.61. The van der Waals surface area contributed by atoms with Crippen LogP contribution in [0.25, 0.3) is 34.4 Å². The quantitative estimate of drug-likeness (QED) is 0.0577. The molecule has 16 heteroatoms. The SMILES string of the molecule is O=C(C=Cc1cccc(O)c1)OC[C@H]1O[C@H](Oc2c(-c3ccc(O)c(O)c3)oc3cc(O)cc(O)c3c2=O)[C@H](O)[C@H](OC(=O)C=Cc2cccc(O)c2)[C@H]1O. The van der Waals surface area contributed by atoms with Crippen LogP contribution in [0.3, 0.4) is 0 Å². The molecule has 0 radical (unpaired) electrons. The predicted molar refractivity (Wildman–Crippen MR) is 191 cm³/mol. The summed E-state index contributed by atoms with van der Waals surface area (Å²) in [6.45, 7) is -0.713. The van der Waals surface area contributed by atoms with Crippen LogP contribution in [0.5, 0.6) is 40.2 Å². The minimum atomic E-state index is -2.06. The number of aliphatic hydroxyl groups excluding tert-OH is 2. The van der Waals surface area contributed by atoms with Crippen LogP contribution in [0.4, 0.5) is 0 Å². The van der Waals surface area contributed by atoms with Crippen molar-refractivity contribution in [2.75, 3.05) is 6.61 Å². The molecule has 1 saturated heterocycles. The fraction of sp³-hybridized carbons (Fsp3) is 0.154. The number of benzene rings is 4. The van der Waals surface area contributed by atoms with E-state index in [1.807, 2.05) is 0 Å². The molecule has 4 aromatic carbocycles. The molecule has 0 spiro atoms. The van der Waals surface area contributed by atoms with E-state index >= 15 is 0 Å². The van der Waals surface area contributed by atoms with Crippen LogP contribution in [-0.4, -0.2) is 90.1 Å². The van der Waals surface area contributed by atoms with Gasteiger partial charge < -0.3 is 64.2 Å². The molecule has 1 aliphatic rings. The lowest BCUT2D eigenvalue weighted by Gasteiger charge is -2.41. The fourth-order valence-electron chi connectivity index (χ4n) is 5.59. The van der Waals surface area contributed by atoms with E-state index in [0.717, 1.165) is 36.4 Å². The maximum absolute atomic E-state index is 13.9. The van der Waals surface area contributed by atoms with Gasteiger partial charge in [-0.3, -0.25) is 4.79 Å². The third-order valence-corrected chi connectivity index (χ3v) is 8.24. The first kappa shape index (κ1) is 37.7. The Morgan fingerprint density at radius 3 is 2.00 bits per heavy atom. The van der Waals surface area contributed by atoms with Gasteiger partial charge in [-0.1, -0.05) is 24.3 Å². The number of carbonyl (C=O) groups excluding carboxylic acids is 2. The number of phenolic OH excluding ortho intramolecular Hbond substituents is 6. The predicted octanol–water partition coefficient (Wildman–Crippen LogP) is 3.40. The first-order valence-electron chi connectivity index (χ1n) is 16.3. The lowest BCUT2D eigenvalue weighted by molar-refractivity contribution is -0.281. The summed E-state index contributed by atoms with van der Waals surface area (Å²) in [4.78, 5) is 39.5. The highest BCUT2D eigenvalue weighted by Gasteiger charge is 2.49. The van der Waals surface area contributed by atoms with E-state index in [0.29, 0.717) is 11.1 Å². The van der Waals surface area contributed by atoms with E-state index in [2.05, 4.69) is 0 Å². The second-order valence-electron chi connectivity index (χ2n) is 12.2. The molecule has 1 fully saturated rings. The molecule has 2 heterocycles. The average molecular weight is 757 g/mol. The van der Waals surface area contributed by atoms with Crippen molar-refractivity contribution in [2.45, 2.75) is 30.7 Å². The summed E-state index contributed by atoms with van der Waals surface area (Å²) >= 11 is 0. The number of hydrogen-bond donors (Lipinski definition) is 8. The van der Waals surface area contributed by atoms with Crippen LogP contribution in [0.2, 0.25) is 0 Å². The summed E-state index contributed by atoms with van der Waals surface area (Å²) in [5, 5.41) is 82.3. The van der Waals surface area contributed by atoms with Crippen LogP contribution in [0.15, 0.2) is 100 Å². The maximum Gasteiger partial charge on any atom is 0.331 e. The molecule has 16 nitrogen and oxygen atoms in total. The van der Waals surface area contributed by atoms with Crippen molar-refractivity contribution in [3.05, 3.63) is 112 Å². The van der Waals surface area contributed by atoms with Crippen LogP contribution >= 0.6 is 0 Å². The number of fused-ring (bicyclic) bond motifs is 1. The van der Waals surface area contributed by atoms with E-state index in [1.165, 1.54) is 48.6 Å². The fourth-order valence-corrected chi connectivity index (χ4v) is 5.59. The van der Waals surface area contributed by atoms with Crippen LogP contribution in [0, 0.1) is 0 Å². The maximum atomic E-state index is 13.9. The number of carbonyl (C=O) groups is 2. The van der Waals surface area contributed by atoms with Crippen molar-refractivity contribution in [2.24, 2.45) is 0 Å². The molecule has 55 heavy (non-hydrogen) atoms. The van der Waals surface area contributed by atoms with Gasteiger partial charge in [0.25, 0.3) is 0 Å². The highest BCUT2D eigenvalue weighted by molar-refractivity contribution is 5.89. The number of aliphatic hydroxyl groups is 2. The molecule has 6 rings (SSSR count). The molecular weight excluding hydrogens is 724 g/mol. The summed E-state index contributed by atoms with van der Waals surface area (Å²) in [6, 6.07) is 17.0. The van der Waals surface area contributed by atoms with Crippen molar-refractivity contribution in [1.82, 2.24) is 0 Å². The van der Waals surface area contributed by atoms with Gasteiger partial charge in [0.1, 0.15) is 52.8 Å². The van der Waals surface area contributed by atoms with Gasteiger partial charge in [-0.15, -0.1) is 0 Å². The second kappa shape index (κ2) is 15.9. The van der Waals surface area contributed by atoms with Crippen LogP contribution < -0.4 is 10.2 Å². The van der Waals surface area contributed by atoms with Crippen molar-refractivity contribution in [3.63, 3.8) is 0 Å². The zero-order valence-electron chi connectivity index (χ0n) is 28.3. The summed E-state index contributed by atoms with van der Waals surface area (Å²) < 4.78 is 28.2. The molecule has 5 atom stereocenters. The number of ether oxygens (including phenoxy) is 4. The minimum absolute atomic E-state index is 0.0459. The number of phenols is 6. The van der Waals surface area contributed by atoms with Crippen molar-refractivity contribution < 1.29 is 73.8 Å². The topological polar surface area (TPSA) is 263 Å². The van der Waals surface area contributed by atoms with Gasteiger partial charge >= 0.3 is 11.9 Å². The first-order valence-corrected chi connectivity index (χ1v) is 16.3. The Morgan fingerprint density at radius 1 is 0.709 bits per heavy atom. The van der Waals surface area contributed by atoms with Crippen molar-refractivity contribution in [1.29, 1.82) is 0 Å². The van der Waals surface area contributed by atoms with Crippen LogP contribution in [0.1, 0.15) is 11.1 Å². The highest BCUT2D eigenvalue weighted by atomic mass is 16.7. The molecule has 0 aliphatic carbocycles. The first-order chi connectivity index (χ1) is 26.3. The molecule has 5 aromatic rings. The monoisotopic (exact) mass is 756 g/mol. The molecule has 1 aromatic heterocycles. The van der Waals surface area contributed by atoms with Gasteiger partial charge in [-0.2, -0.15) is 0 Å². The molecule has 0 saturated carbocycles. The normalized spacial score (nSPS) is 19.8. The smallest absolute Gasteiger partial charge is 0.331 e. The second-order valence-corrected chi connectivity index (χ2v) is 12.2. The Kier molecular flexibility index (Phi) is 10.9. The van der Waals surface area contributed by atoms with E-state index < -0.39 is 94.6 Å². The third-order valence-electron chi connectivity index (χ3n) is 8.24. The molecule has 284 valence electrons. The van der Waals surface area contributed by atoms with Crippen LogP contribution in [-0.2, 0) is 23.8 Å². The summed E-state index contributed by atoms with van der Waals surface area (Å²) in [5.41, 5.74) is -0.595. The Hall–Kier alpha value is -7.01. The van der Waals surface area contributed by atoms with E-state index in [-0.39, 0.29) is 22.6 Å². The van der Waals surface area contributed by atoms with E-state index in [1.54, 1.807) is 18.2 Å². The zero-order chi connectivity index (χ0) is 39.4. The van der Waals surface area contributed by atoms with Gasteiger partial charge in [0.2, 0.25) is 17.5 Å². The number of rotatable bonds is 10. The van der Waals surface area contributed by atoms with E-state index in [4.69, 9.17) is 23.4 Å². The zero-order valence-corrected chi connectivity index (χ0v) is 28.3. The standard InChI is InChI=1S/C39H32O16/c40-22-5-1-3-19(13-22)7-11-30(46)51-18-29-33(48)37(54-31(47)12-8-20-4-2-6-23(41)14-20)35(50)39(53-29)55-38-34(49)32-27(45)16-24(42)17-28(32)52-36(38)21-9-10-25(43)26(44)15-21/h1-17,29,33,35,37,39-45,48,50H,18H2/t29-,33+,35-,37-,39-/m1/s1. The Bertz CT molecular complexity index is 2360. The highest BCUT2D eigenvalue weighted by Crippen LogP contribution is 2.39. The summed E-state index contributed by atoms with van der Waals surface area (Å²) in [7, 11) is 0. The van der Waals surface area contributed by atoms with Gasteiger partial charge in [0, 0.05) is 29.8 Å². The Labute approximate surface area is 309 Å². The molecule has 0 amide bonds. The molecule has 0 unspecified atom stereocenters. The van der Waals surface area contributed by atoms with Gasteiger partial charge in [0.05, 0.1) is 0 Å².